The van der Waals surface area contributed by atoms with Crippen molar-refractivity contribution in [1.29, 1.82) is 0 Å². The molecule has 4 N–H and O–H groups in total. The molecule has 1 rings (SSSR count). The van der Waals surface area contributed by atoms with Gasteiger partial charge in [-0.1, -0.05) is 23.1 Å². The second kappa shape index (κ2) is 36.2. The molecule has 0 saturated heterocycles. The summed E-state index contributed by atoms with van der Waals surface area (Å²) in [6, 6.07) is -0.817. The number of nitrogens with one attached hydrogen (secondary N) is 4. The minimum Gasteiger partial charge on any atom is -0.420 e. The zero-order valence-corrected chi connectivity index (χ0v) is 35.1. The molecule has 4 amide bonds. The second-order valence-electron chi connectivity index (χ2n) is 13.5. The number of hydrogen-bond acceptors (Lipinski definition) is 12. The van der Waals surface area contributed by atoms with E-state index in [1.165, 1.54) is 0 Å². The number of carbonyl (C=O) groups is 5. The summed E-state index contributed by atoms with van der Waals surface area (Å²) < 4.78 is 92.5. The lowest BCUT2D eigenvalue weighted by Gasteiger charge is -2.19. The number of rotatable bonds is 38. The summed E-state index contributed by atoms with van der Waals surface area (Å²) in [5.74, 6) is -15.4. The summed E-state index contributed by atoms with van der Waals surface area (Å²) in [7, 11) is 0. The largest absolute Gasteiger partial charge is 0.420 e. The van der Waals surface area contributed by atoms with E-state index in [4.69, 9.17) is 30.0 Å². The molecule has 0 aliphatic carbocycles. The molecule has 1 aromatic rings. The van der Waals surface area contributed by atoms with Gasteiger partial charge in [-0.2, -0.15) is 8.78 Å². The Morgan fingerprint density at radius 2 is 0.984 bits per heavy atom. The SMILES string of the molecule is [N-]=[N+]=NCCCCC(=O)NCCCCC[C@H](NC(=O)CCCNC(=O)CCCCN=[N+]=[N-])C(=O)NCCOCCOCCOCCOCCC(=O)Oc1c(F)c(F)c(F)c(F)c1F. The first-order chi connectivity index (χ1) is 30.4. The van der Waals surface area contributed by atoms with Crippen molar-refractivity contribution in [3.05, 3.63) is 50.0 Å². The molecule has 0 aliphatic heterocycles. The average Bonchev–Trinajstić information content (AvgIpc) is 3.27. The van der Waals surface area contributed by atoms with E-state index in [1.54, 1.807) is 0 Å². The molecular weight excluding hydrogens is 851 g/mol. The van der Waals surface area contributed by atoms with Crippen LogP contribution in [0.15, 0.2) is 10.2 Å². The molecule has 0 aromatic heterocycles. The lowest BCUT2D eigenvalue weighted by atomic mass is 10.1. The molecule has 1 atom stereocenters. The van der Waals surface area contributed by atoms with Crippen molar-refractivity contribution < 1.29 is 69.6 Å². The van der Waals surface area contributed by atoms with Crippen molar-refractivity contribution in [1.82, 2.24) is 21.3 Å². The van der Waals surface area contributed by atoms with Gasteiger partial charge in [0.2, 0.25) is 58.5 Å². The van der Waals surface area contributed by atoms with Gasteiger partial charge < -0.3 is 45.0 Å². The lowest BCUT2D eigenvalue weighted by Crippen LogP contribution is -2.47. The van der Waals surface area contributed by atoms with Crippen LogP contribution in [0.1, 0.15) is 83.5 Å². The van der Waals surface area contributed by atoms with Gasteiger partial charge in [0.05, 0.1) is 59.3 Å². The lowest BCUT2D eigenvalue weighted by molar-refractivity contribution is -0.136. The molecule has 0 spiro atoms. The van der Waals surface area contributed by atoms with Gasteiger partial charge in [0.1, 0.15) is 6.04 Å². The van der Waals surface area contributed by atoms with E-state index in [0.29, 0.717) is 83.8 Å². The van der Waals surface area contributed by atoms with E-state index in [9.17, 15) is 45.9 Å². The highest BCUT2D eigenvalue weighted by Gasteiger charge is 2.28. The predicted octanol–water partition coefficient (Wildman–Crippen LogP) is 4.88. The van der Waals surface area contributed by atoms with Crippen molar-refractivity contribution in [3.63, 3.8) is 0 Å². The van der Waals surface area contributed by atoms with Crippen molar-refractivity contribution >= 4 is 29.6 Å². The molecule has 0 heterocycles. The van der Waals surface area contributed by atoms with E-state index < -0.39 is 59.2 Å². The van der Waals surface area contributed by atoms with Gasteiger partial charge in [-0.05, 0) is 56.0 Å². The smallest absolute Gasteiger partial charge is 0.313 e. The standard InChI is InChI=1S/C38H57F5N10O10/c39-32-33(40)35(42)37(36(43)34(32)41)63-31(57)13-19-59-21-23-61-25-26-62-24-22-60-20-18-48-38(58)27(9-2-1-5-14-46-28(54)10-3-6-16-49-52-44)51-30(56)12-8-15-47-29(55)11-4-7-17-50-53-45/h27H,1-26H2,(H,46,54)(H,47,55)(H,48,58)(H,51,56)/t27-/m0/s1. The summed E-state index contributed by atoms with van der Waals surface area (Å²) in [4.78, 5) is 66.8. The molecule has 25 heteroatoms. The summed E-state index contributed by atoms with van der Waals surface area (Å²) in [5.41, 5.74) is 16.6. The quantitative estimate of drug-likeness (QED) is 0.00803. The Balaban J connectivity index is 2.28. The van der Waals surface area contributed by atoms with Crippen molar-refractivity contribution in [3.8, 4) is 5.75 Å². The number of amides is 4. The molecule has 1 aromatic carbocycles. The van der Waals surface area contributed by atoms with Gasteiger partial charge in [-0.3, -0.25) is 24.0 Å². The highest BCUT2D eigenvalue weighted by molar-refractivity contribution is 5.87. The maximum absolute atomic E-state index is 13.6. The number of carbonyl (C=O) groups excluding carboxylic acids is 5. The summed E-state index contributed by atoms with van der Waals surface area (Å²) >= 11 is 0. The zero-order chi connectivity index (χ0) is 46.5. The molecule has 0 unspecified atom stereocenters. The topological polar surface area (TPSA) is 277 Å². The van der Waals surface area contributed by atoms with Crippen molar-refractivity contribution in [2.45, 2.75) is 89.5 Å². The van der Waals surface area contributed by atoms with Crippen LogP contribution in [0.2, 0.25) is 0 Å². The van der Waals surface area contributed by atoms with Crippen LogP contribution in [0.25, 0.3) is 20.9 Å². The Labute approximate surface area is 361 Å². The Hall–Kier alpha value is -5.32. The van der Waals surface area contributed by atoms with Crippen LogP contribution >= 0.6 is 0 Å². The number of halogens is 5. The van der Waals surface area contributed by atoms with Gasteiger partial charge in [0.15, 0.2) is 0 Å². The van der Waals surface area contributed by atoms with E-state index in [-0.39, 0.29) is 96.5 Å². The Morgan fingerprint density at radius 3 is 1.52 bits per heavy atom. The van der Waals surface area contributed by atoms with Crippen LogP contribution in [0, 0.1) is 29.1 Å². The first-order valence-electron chi connectivity index (χ1n) is 20.6. The number of nitrogens with zero attached hydrogens (tertiary/aromatic N) is 6. The molecule has 0 aliphatic rings. The number of unbranched alkanes of at least 4 members (excludes halogenated alkanes) is 4. The number of hydrogen-bond donors (Lipinski definition) is 4. The average molecular weight is 909 g/mol. The third-order valence-electron chi connectivity index (χ3n) is 8.49. The highest BCUT2D eigenvalue weighted by Crippen LogP contribution is 2.29. The van der Waals surface area contributed by atoms with E-state index >= 15 is 0 Å². The fourth-order valence-electron chi connectivity index (χ4n) is 5.22. The van der Waals surface area contributed by atoms with E-state index in [1.807, 2.05) is 0 Å². The monoisotopic (exact) mass is 908 g/mol. The van der Waals surface area contributed by atoms with E-state index in [2.05, 4.69) is 46.1 Å². The van der Waals surface area contributed by atoms with Crippen LogP contribution in [0.4, 0.5) is 22.0 Å². The maximum Gasteiger partial charge on any atom is 0.313 e. The molecule has 0 fully saturated rings. The molecule has 0 radical (unpaired) electrons. The third kappa shape index (κ3) is 27.4. The van der Waals surface area contributed by atoms with Gasteiger partial charge in [-0.15, -0.1) is 0 Å². The molecule has 354 valence electrons. The normalized spacial score (nSPS) is 11.2. The minimum absolute atomic E-state index is 0.0161. The first-order valence-corrected chi connectivity index (χ1v) is 20.6. The minimum atomic E-state index is -2.38. The number of benzene rings is 1. The molecule has 20 nitrogen and oxygen atoms in total. The first kappa shape index (κ1) is 55.7. The van der Waals surface area contributed by atoms with Gasteiger partial charge in [0, 0.05) is 61.8 Å². The van der Waals surface area contributed by atoms with Crippen molar-refractivity contribution in [2.24, 2.45) is 10.2 Å². The Morgan fingerprint density at radius 1 is 0.508 bits per heavy atom. The van der Waals surface area contributed by atoms with E-state index in [0.717, 1.165) is 0 Å². The Bertz CT molecular complexity index is 1630. The summed E-state index contributed by atoms with van der Waals surface area (Å²) in [5, 5.41) is 18.0. The summed E-state index contributed by atoms with van der Waals surface area (Å²) in [6.45, 7) is 2.35. The molecule has 0 bridgehead atoms. The molecule has 0 saturated carbocycles. The maximum atomic E-state index is 13.6. The fraction of sp³-hybridized carbons (Fsp3) is 0.711. The van der Waals surface area contributed by atoms with Gasteiger partial charge in [0.25, 0.3) is 0 Å². The zero-order valence-electron chi connectivity index (χ0n) is 35.1. The predicted molar refractivity (Wildman–Crippen MR) is 214 cm³/mol. The number of azide groups is 2. The highest BCUT2D eigenvalue weighted by atomic mass is 19.2. The van der Waals surface area contributed by atoms with Crippen molar-refractivity contribution in [2.75, 3.05) is 85.6 Å². The number of esters is 1. The van der Waals surface area contributed by atoms with Crippen LogP contribution in [0.3, 0.4) is 0 Å². The van der Waals surface area contributed by atoms with Gasteiger partial charge >= 0.3 is 5.97 Å². The van der Waals surface area contributed by atoms with Gasteiger partial charge in [-0.25, -0.2) is 13.2 Å². The number of ether oxygens (including phenoxy) is 5. The molecular formula is C38H57F5N10O10. The van der Waals surface area contributed by atoms with Crippen LogP contribution in [-0.2, 0) is 42.9 Å². The summed E-state index contributed by atoms with van der Waals surface area (Å²) in [6.07, 6.45) is 5.21. The third-order valence-corrected chi connectivity index (χ3v) is 8.49. The van der Waals surface area contributed by atoms with Crippen LogP contribution < -0.4 is 26.0 Å². The van der Waals surface area contributed by atoms with Crippen LogP contribution in [-0.4, -0.2) is 121 Å². The fourth-order valence-corrected chi connectivity index (χ4v) is 5.22. The van der Waals surface area contributed by atoms with Crippen LogP contribution in [0.5, 0.6) is 5.75 Å². The Kier molecular flexibility index (Phi) is 32.0. The second-order valence-corrected chi connectivity index (χ2v) is 13.5. The molecule has 63 heavy (non-hydrogen) atoms.